The van der Waals surface area contributed by atoms with Gasteiger partial charge in [0.25, 0.3) is 0 Å². The smallest absolute Gasteiger partial charge is 0.224 e. The van der Waals surface area contributed by atoms with E-state index in [-0.39, 0.29) is 17.5 Å². The van der Waals surface area contributed by atoms with E-state index >= 15 is 0 Å². The van der Waals surface area contributed by atoms with Crippen molar-refractivity contribution >= 4 is 27.3 Å². The number of nitrogens with zero attached hydrogens (tertiary/aromatic N) is 2. The van der Waals surface area contributed by atoms with Gasteiger partial charge in [-0.3, -0.25) is 0 Å². The number of sulfone groups is 1. The number of rotatable bonds is 5. The minimum Gasteiger partial charge on any atom is -0.350 e. The number of aryl methyl sites for hydroxylation is 2. The highest BCUT2D eigenvalue weighted by Gasteiger charge is 2.28. The van der Waals surface area contributed by atoms with Gasteiger partial charge in [0.15, 0.2) is 9.84 Å². The Balaban J connectivity index is 1.77. The zero-order valence-corrected chi connectivity index (χ0v) is 14.7. The van der Waals surface area contributed by atoms with Crippen LogP contribution in [0.5, 0.6) is 0 Å². The summed E-state index contributed by atoms with van der Waals surface area (Å²) < 4.78 is 23.1. The third kappa shape index (κ3) is 3.84. The zero-order valence-electron chi connectivity index (χ0n) is 13.9. The number of hydrogen-bond acceptors (Lipinski definition) is 6. The lowest BCUT2D eigenvalue weighted by molar-refractivity contribution is 0.602. The predicted octanol–water partition coefficient (Wildman–Crippen LogP) is 2.69. The highest BCUT2D eigenvalue weighted by atomic mass is 32.2. The van der Waals surface area contributed by atoms with Crippen molar-refractivity contribution in [3.63, 3.8) is 0 Å². The van der Waals surface area contributed by atoms with Gasteiger partial charge < -0.3 is 10.6 Å². The van der Waals surface area contributed by atoms with Crippen LogP contribution < -0.4 is 10.6 Å². The van der Waals surface area contributed by atoms with Crippen LogP contribution in [0.2, 0.25) is 0 Å². The fraction of sp³-hybridized carbons (Fsp3) is 0.412. The average molecular weight is 346 g/mol. The second-order valence-corrected chi connectivity index (χ2v) is 8.33. The van der Waals surface area contributed by atoms with Crippen LogP contribution in [0, 0.1) is 6.92 Å². The molecule has 24 heavy (non-hydrogen) atoms. The van der Waals surface area contributed by atoms with Gasteiger partial charge in [0.2, 0.25) is 5.95 Å². The molecule has 0 aliphatic carbocycles. The number of nitrogens with one attached hydrogen (secondary N) is 2. The number of para-hydroxylation sites is 1. The Morgan fingerprint density at radius 2 is 2.12 bits per heavy atom. The summed E-state index contributed by atoms with van der Waals surface area (Å²) >= 11 is 0. The Hall–Kier alpha value is -2.15. The topological polar surface area (TPSA) is 84.0 Å². The summed E-state index contributed by atoms with van der Waals surface area (Å²) in [6, 6.07) is 7.90. The van der Waals surface area contributed by atoms with Crippen molar-refractivity contribution in [1.29, 1.82) is 0 Å². The third-order valence-corrected chi connectivity index (χ3v) is 5.98. The molecule has 0 bridgehead atoms. The SMILES string of the molecule is CCc1cccc(C)c1Nc1ccnc(NC2CCS(=O)(=O)C2)n1. The zero-order chi connectivity index (χ0) is 17.2. The fourth-order valence-electron chi connectivity index (χ4n) is 2.92. The first-order chi connectivity index (χ1) is 11.5. The van der Waals surface area contributed by atoms with Crippen LogP contribution >= 0.6 is 0 Å². The fourth-order valence-corrected chi connectivity index (χ4v) is 4.59. The maximum absolute atomic E-state index is 11.6. The van der Waals surface area contributed by atoms with Gasteiger partial charge in [-0.1, -0.05) is 25.1 Å². The van der Waals surface area contributed by atoms with Crippen LogP contribution in [0.1, 0.15) is 24.5 Å². The molecule has 0 amide bonds. The Morgan fingerprint density at radius 1 is 1.29 bits per heavy atom. The molecule has 0 saturated carbocycles. The minimum absolute atomic E-state index is 0.116. The maximum atomic E-state index is 11.6. The van der Waals surface area contributed by atoms with E-state index in [9.17, 15) is 8.42 Å². The molecule has 1 fully saturated rings. The normalized spacial score (nSPS) is 19.2. The van der Waals surface area contributed by atoms with Crippen molar-refractivity contribution < 1.29 is 8.42 Å². The number of hydrogen-bond donors (Lipinski definition) is 2. The molecule has 2 N–H and O–H groups in total. The van der Waals surface area contributed by atoms with Crippen LogP contribution in [0.4, 0.5) is 17.5 Å². The molecule has 1 aliphatic rings. The van der Waals surface area contributed by atoms with E-state index < -0.39 is 9.84 Å². The first kappa shape index (κ1) is 16.7. The van der Waals surface area contributed by atoms with E-state index in [1.165, 1.54) is 5.56 Å². The van der Waals surface area contributed by atoms with Gasteiger partial charge in [0.1, 0.15) is 5.82 Å². The Labute approximate surface area is 142 Å². The molecule has 6 nitrogen and oxygen atoms in total. The lowest BCUT2D eigenvalue weighted by atomic mass is 10.1. The lowest BCUT2D eigenvalue weighted by Crippen LogP contribution is -2.22. The summed E-state index contributed by atoms with van der Waals surface area (Å²) in [5, 5.41) is 6.49. The number of anilines is 3. The molecule has 1 aromatic carbocycles. The van der Waals surface area contributed by atoms with E-state index in [0.29, 0.717) is 18.2 Å². The average Bonchev–Trinajstić information content (AvgIpc) is 2.88. The maximum Gasteiger partial charge on any atom is 0.224 e. The highest BCUT2D eigenvalue weighted by Crippen LogP contribution is 2.25. The van der Waals surface area contributed by atoms with Gasteiger partial charge in [-0.15, -0.1) is 0 Å². The van der Waals surface area contributed by atoms with Crippen LogP contribution in [-0.2, 0) is 16.3 Å². The van der Waals surface area contributed by atoms with E-state index in [0.717, 1.165) is 17.7 Å². The molecule has 1 atom stereocenters. The number of aromatic nitrogens is 2. The standard InChI is InChI=1S/C17H22N4O2S/c1-3-13-6-4-5-12(2)16(13)20-15-7-9-18-17(21-15)19-14-8-10-24(22,23)11-14/h4-7,9,14H,3,8,10-11H2,1-2H3,(H2,18,19,20,21). The predicted molar refractivity (Wildman–Crippen MR) is 96.6 cm³/mol. The van der Waals surface area contributed by atoms with Crippen molar-refractivity contribution in [3.8, 4) is 0 Å². The molecule has 3 rings (SSSR count). The summed E-state index contributed by atoms with van der Waals surface area (Å²) in [6.45, 7) is 4.18. The molecule has 1 unspecified atom stereocenters. The van der Waals surface area contributed by atoms with Crippen LogP contribution in [0.3, 0.4) is 0 Å². The van der Waals surface area contributed by atoms with Crippen molar-refractivity contribution in [1.82, 2.24) is 9.97 Å². The molecule has 0 spiro atoms. The molecule has 0 radical (unpaired) electrons. The molecule has 128 valence electrons. The van der Waals surface area contributed by atoms with Gasteiger partial charge in [-0.2, -0.15) is 4.98 Å². The molecule has 2 aromatic rings. The Kier molecular flexibility index (Phi) is 4.71. The van der Waals surface area contributed by atoms with Crippen molar-refractivity contribution in [2.45, 2.75) is 32.7 Å². The minimum atomic E-state index is -2.92. The monoisotopic (exact) mass is 346 g/mol. The van der Waals surface area contributed by atoms with Crippen LogP contribution in [0.15, 0.2) is 30.5 Å². The largest absolute Gasteiger partial charge is 0.350 e. The molecule has 1 aliphatic heterocycles. The lowest BCUT2D eigenvalue weighted by Gasteiger charge is -2.15. The third-order valence-electron chi connectivity index (χ3n) is 4.21. The summed E-state index contributed by atoms with van der Waals surface area (Å²) in [4.78, 5) is 8.67. The summed E-state index contributed by atoms with van der Waals surface area (Å²) in [5.41, 5.74) is 3.45. The molecule has 7 heteroatoms. The Morgan fingerprint density at radius 3 is 2.83 bits per heavy atom. The molecule has 2 heterocycles. The Bertz CT molecular complexity index is 836. The van der Waals surface area contributed by atoms with Gasteiger partial charge in [0, 0.05) is 17.9 Å². The first-order valence-corrected chi connectivity index (χ1v) is 9.94. The van der Waals surface area contributed by atoms with Gasteiger partial charge in [-0.05, 0) is 37.0 Å². The molecule has 1 aromatic heterocycles. The summed E-state index contributed by atoms with van der Waals surface area (Å²) in [7, 11) is -2.92. The summed E-state index contributed by atoms with van der Waals surface area (Å²) in [5.74, 6) is 1.52. The van der Waals surface area contributed by atoms with Crippen molar-refractivity contribution in [3.05, 3.63) is 41.6 Å². The van der Waals surface area contributed by atoms with E-state index in [1.807, 2.05) is 12.1 Å². The van der Waals surface area contributed by atoms with Gasteiger partial charge in [0.05, 0.1) is 11.5 Å². The first-order valence-electron chi connectivity index (χ1n) is 8.12. The van der Waals surface area contributed by atoms with Crippen molar-refractivity contribution in [2.24, 2.45) is 0 Å². The van der Waals surface area contributed by atoms with E-state index in [2.05, 4.69) is 46.6 Å². The quantitative estimate of drug-likeness (QED) is 0.866. The van der Waals surface area contributed by atoms with E-state index in [4.69, 9.17) is 0 Å². The van der Waals surface area contributed by atoms with E-state index in [1.54, 1.807) is 6.20 Å². The van der Waals surface area contributed by atoms with Gasteiger partial charge in [-0.25, -0.2) is 13.4 Å². The van der Waals surface area contributed by atoms with Crippen LogP contribution in [0.25, 0.3) is 0 Å². The number of benzene rings is 1. The highest BCUT2D eigenvalue weighted by molar-refractivity contribution is 7.91. The second-order valence-electron chi connectivity index (χ2n) is 6.10. The van der Waals surface area contributed by atoms with Crippen molar-refractivity contribution in [2.75, 3.05) is 22.1 Å². The summed E-state index contributed by atoms with van der Waals surface area (Å²) in [6.07, 6.45) is 3.20. The van der Waals surface area contributed by atoms with Gasteiger partial charge >= 0.3 is 0 Å². The second kappa shape index (κ2) is 6.76. The molecular weight excluding hydrogens is 324 g/mol. The molecular formula is C17H22N4O2S. The van der Waals surface area contributed by atoms with Crippen LogP contribution in [-0.4, -0.2) is 35.9 Å². The molecule has 1 saturated heterocycles.